The van der Waals surface area contributed by atoms with Gasteiger partial charge in [0.05, 0.1) is 12.4 Å². The molecule has 1 aliphatic rings. The summed E-state index contributed by atoms with van der Waals surface area (Å²) in [6, 6.07) is -0.211. The summed E-state index contributed by atoms with van der Waals surface area (Å²) >= 11 is 0. The average Bonchev–Trinajstić information content (AvgIpc) is 2.66. The first kappa shape index (κ1) is 12.9. The van der Waals surface area contributed by atoms with Crippen molar-refractivity contribution in [2.24, 2.45) is 0 Å². The molecule has 0 aliphatic carbocycles. The molecule has 0 bridgehead atoms. The summed E-state index contributed by atoms with van der Waals surface area (Å²) in [5, 5.41) is 9.04. The molecule has 15 heavy (non-hydrogen) atoms. The van der Waals surface area contributed by atoms with Crippen LogP contribution in [-0.2, 0) is 14.8 Å². The van der Waals surface area contributed by atoms with Crippen LogP contribution in [0.4, 0.5) is 0 Å². The zero-order valence-corrected chi connectivity index (χ0v) is 9.87. The van der Waals surface area contributed by atoms with Crippen molar-refractivity contribution in [2.75, 3.05) is 32.6 Å². The molecule has 0 spiro atoms. The van der Waals surface area contributed by atoms with Crippen molar-refractivity contribution in [3.8, 4) is 0 Å². The zero-order chi connectivity index (χ0) is 11.3. The van der Waals surface area contributed by atoms with Crippen molar-refractivity contribution in [2.45, 2.75) is 25.3 Å². The molecule has 6 heteroatoms. The molecule has 0 aromatic heterocycles. The Morgan fingerprint density at radius 1 is 1.53 bits per heavy atom. The molecule has 0 aromatic carbocycles. The van der Waals surface area contributed by atoms with Crippen LogP contribution in [0.15, 0.2) is 0 Å². The highest BCUT2D eigenvalue weighted by Crippen LogP contribution is 2.21. The highest BCUT2D eigenvalue weighted by molar-refractivity contribution is 7.89. The van der Waals surface area contributed by atoms with Gasteiger partial charge in [0.1, 0.15) is 0 Å². The van der Waals surface area contributed by atoms with Crippen LogP contribution in [0.1, 0.15) is 19.3 Å². The third-order valence-corrected chi connectivity index (χ3v) is 4.64. The second-order valence-electron chi connectivity index (χ2n) is 3.75. The highest BCUT2D eigenvalue weighted by atomic mass is 32.2. The van der Waals surface area contributed by atoms with E-state index in [1.54, 1.807) is 7.11 Å². The first-order chi connectivity index (χ1) is 7.11. The Kier molecular flexibility index (Phi) is 4.98. The van der Waals surface area contributed by atoms with Crippen molar-refractivity contribution in [1.29, 1.82) is 0 Å². The van der Waals surface area contributed by atoms with Crippen LogP contribution in [0.5, 0.6) is 0 Å². The number of hydrogen-bond donors (Lipinski definition) is 1. The number of ether oxygens (including phenoxy) is 1. The van der Waals surface area contributed by atoms with Gasteiger partial charge < -0.3 is 9.84 Å². The summed E-state index contributed by atoms with van der Waals surface area (Å²) in [4.78, 5) is 0. The molecule has 1 fully saturated rings. The fourth-order valence-electron chi connectivity index (χ4n) is 1.86. The van der Waals surface area contributed by atoms with Gasteiger partial charge in [-0.1, -0.05) is 0 Å². The lowest BCUT2D eigenvalue weighted by Gasteiger charge is -2.22. The van der Waals surface area contributed by atoms with Gasteiger partial charge in [-0.3, -0.25) is 0 Å². The molecule has 0 aromatic rings. The number of rotatable bonds is 6. The van der Waals surface area contributed by atoms with Crippen molar-refractivity contribution >= 4 is 10.0 Å². The maximum absolute atomic E-state index is 11.8. The molecular formula is C9H19NO4S. The Bertz CT molecular complexity index is 278. The number of aliphatic hydroxyl groups excluding tert-OH is 1. The van der Waals surface area contributed by atoms with Crippen molar-refractivity contribution in [1.82, 2.24) is 4.31 Å². The van der Waals surface area contributed by atoms with E-state index in [-0.39, 0.29) is 18.4 Å². The monoisotopic (exact) mass is 237 g/mol. The van der Waals surface area contributed by atoms with Gasteiger partial charge in [0, 0.05) is 26.3 Å². The lowest BCUT2D eigenvalue weighted by Crippen LogP contribution is -2.39. The van der Waals surface area contributed by atoms with Crippen molar-refractivity contribution in [3.05, 3.63) is 0 Å². The smallest absolute Gasteiger partial charge is 0.214 e. The van der Waals surface area contributed by atoms with E-state index in [1.807, 2.05) is 0 Å². The Labute approximate surface area is 91.1 Å². The summed E-state index contributed by atoms with van der Waals surface area (Å²) < 4.78 is 29.9. The molecule has 1 saturated heterocycles. The van der Waals surface area contributed by atoms with Gasteiger partial charge in [0.15, 0.2) is 0 Å². The molecule has 1 aliphatic heterocycles. The minimum atomic E-state index is -3.20. The van der Waals surface area contributed by atoms with E-state index in [9.17, 15) is 8.42 Å². The number of aliphatic hydroxyl groups is 1. The summed E-state index contributed by atoms with van der Waals surface area (Å²) in [7, 11) is -1.65. The molecule has 1 atom stereocenters. The quantitative estimate of drug-likeness (QED) is 0.650. The van der Waals surface area contributed by atoms with Crippen LogP contribution < -0.4 is 0 Å². The van der Waals surface area contributed by atoms with Crippen LogP contribution in [0, 0.1) is 0 Å². The maximum atomic E-state index is 11.8. The molecule has 90 valence electrons. The number of nitrogens with zero attached hydrogens (tertiary/aromatic N) is 1. The lowest BCUT2D eigenvalue weighted by molar-refractivity contribution is 0.197. The summed E-state index contributed by atoms with van der Waals surface area (Å²) in [6.45, 7) is 0.918. The molecule has 1 rings (SSSR count). The fourth-order valence-corrected chi connectivity index (χ4v) is 3.61. The second-order valence-corrected chi connectivity index (χ2v) is 5.79. The molecule has 0 saturated carbocycles. The van der Waals surface area contributed by atoms with Crippen LogP contribution in [0.25, 0.3) is 0 Å². The average molecular weight is 237 g/mol. The van der Waals surface area contributed by atoms with E-state index in [2.05, 4.69) is 0 Å². The van der Waals surface area contributed by atoms with E-state index in [0.29, 0.717) is 19.6 Å². The van der Waals surface area contributed by atoms with Gasteiger partial charge in [0.25, 0.3) is 0 Å². The second kappa shape index (κ2) is 5.79. The summed E-state index contributed by atoms with van der Waals surface area (Å²) in [6.07, 6.45) is 2.11. The van der Waals surface area contributed by atoms with Crippen molar-refractivity contribution < 1.29 is 18.3 Å². The molecule has 0 unspecified atom stereocenters. The normalized spacial score (nSPS) is 23.5. The Morgan fingerprint density at radius 3 is 2.87 bits per heavy atom. The molecular weight excluding hydrogens is 218 g/mol. The molecule has 0 radical (unpaired) electrons. The Morgan fingerprint density at radius 2 is 2.27 bits per heavy atom. The Balaban J connectivity index is 2.52. The topological polar surface area (TPSA) is 66.8 Å². The van der Waals surface area contributed by atoms with E-state index in [1.165, 1.54) is 4.31 Å². The summed E-state index contributed by atoms with van der Waals surface area (Å²) in [5.41, 5.74) is 0. The van der Waals surface area contributed by atoms with Gasteiger partial charge >= 0.3 is 0 Å². The van der Waals surface area contributed by atoms with Gasteiger partial charge in [-0.05, 0) is 19.3 Å². The van der Waals surface area contributed by atoms with E-state index in [0.717, 1.165) is 12.8 Å². The predicted molar refractivity (Wildman–Crippen MR) is 57.1 cm³/mol. The first-order valence-electron chi connectivity index (χ1n) is 5.21. The molecule has 1 N–H and O–H groups in total. The number of methoxy groups -OCH3 is 1. The Hall–Kier alpha value is -0.170. The van der Waals surface area contributed by atoms with Crippen LogP contribution >= 0.6 is 0 Å². The zero-order valence-electron chi connectivity index (χ0n) is 9.05. The minimum absolute atomic E-state index is 0.0799. The number of sulfonamides is 1. The third kappa shape index (κ3) is 3.41. The third-order valence-electron chi connectivity index (χ3n) is 2.64. The predicted octanol–water partition coefficient (Wildman–Crippen LogP) is -0.191. The summed E-state index contributed by atoms with van der Waals surface area (Å²) in [5.74, 6) is 0.108. The molecule has 5 nitrogen and oxygen atoms in total. The molecule has 0 amide bonds. The highest BCUT2D eigenvalue weighted by Gasteiger charge is 2.32. The lowest BCUT2D eigenvalue weighted by atomic mass is 10.2. The van der Waals surface area contributed by atoms with E-state index in [4.69, 9.17) is 9.84 Å². The SMILES string of the molecule is COCCCS(=O)(=O)N1CCC[C@H]1CO. The maximum Gasteiger partial charge on any atom is 0.214 e. The van der Waals surface area contributed by atoms with Crippen LogP contribution in [0.2, 0.25) is 0 Å². The van der Waals surface area contributed by atoms with Crippen LogP contribution in [0.3, 0.4) is 0 Å². The largest absolute Gasteiger partial charge is 0.395 e. The van der Waals surface area contributed by atoms with Crippen molar-refractivity contribution in [3.63, 3.8) is 0 Å². The van der Waals surface area contributed by atoms with Crippen LogP contribution in [-0.4, -0.2) is 56.5 Å². The molecule has 1 heterocycles. The minimum Gasteiger partial charge on any atom is -0.395 e. The standard InChI is InChI=1S/C9H19NO4S/c1-14-6-3-7-15(12,13)10-5-2-4-9(10)8-11/h9,11H,2-8H2,1H3/t9-/m0/s1. The number of hydrogen-bond acceptors (Lipinski definition) is 4. The fraction of sp³-hybridized carbons (Fsp3) is 1.00. The van der Waals surface area contributed by atoms with Gasteiger partial charge in [0.2, 0.25) is 10.0 Å². The van der Waals surface area contributed by atoms with Gasteiger partial charge in [-0.2, -0.15) is 4.31 Å². The van der Waals surface area contributed by atoms with Gasteiger partial charge in [-0.25, -0.2) is 8.42 Å². The van der Waals surface area contributed by atoms with E-state index < -0.39 is 10.0 Å². The van der Waals surface area contributed by atoms with Gasteiger partial charge in [-0.15, -0.1) is 0 Å². The first-order valence-corrected chi connectivity index (χ1v) is 6.82. The van der Waals surface area contributed by atoms with E-state index >= 15 is 0 Å².